The summed E-state index contributed by atoms with van der Waals surface area (Å²) >= 11 is 0. The quantitative estimate of drug-likeness (QED) is 0.535. The fraction of sp³-hybridized carbons (Fsp3) is 0.160. The summed E-state index contributed by atoms with van der Waals surface area (Å²) in [6.07, 6.45) is 0.106. The first kappa shape index (κ1) is 21.1. The predicted molar refractivity (Wildman–Crippen MR) is 117 cm³/mol. The van der Waals surface area contributed by atoms with Crippen molar-refractivity contribution in [3.8, 4) is 11.5 Å². The van der Waals surface area contributed by atoms with Crippen LogP contribution in [0.15, 0.2) is 78.9 Å². The Morgan fingerprint density at radius 3 is 1.56 bits per heavy atom. The van der Waals surface area contributed by atoms with E-state index in [1.54, 1.807) is 18.2 Å². The maximum absolute atomic E-state index is 12.2. The first-order chi connectivity index (χ1) is 15.6. The van der Waals surface area contributed by atoms with Crippen LogP contribution in [0.1, 0.15) is 16.7 Å². The van der Waals surface area contributed by atoms with Crippen molar-refractivity contribution >= 4 is 17.8 Å². The van der Waals surface area contributed by atoms with Crippen LogP contribution in [-0.4, -0.2) is 17.8 Å². The highest BCUT2D eigenvalue weighted by molar-refractivity contribution is 6.16. The van der Waals surface area contributed by atoms with Crippen molar-refractivity contribution in [3.05, 3.63) is 95.6 Å². The van der Waals surface area contributed by atoms with Gasteiger partial charge in [-0.2, -0.15) is 0 Å². The minimum Gasteiger partial charge on any atom is -0.489 e. The standard InChI is InChI=1S/C25H22N2O5/c28-23-22(24(29)27-25(30)26-23)13-19-11-20(31-15-17-7-3-1-4-8-17)14-21(12-19)32-16-18-9-5-2-6-10-18/h1-12,14,22H,13,15-16H2,(H2,26,27,28,29,30). The molecule has 0 saturated carbocycles. The molecule has 0 aromatic heterocycles. The van der Waals surface area contributed by atoms with Gasteiger partial charge in [0, 0.05) is 6.07 Å². The second kappa shape index (κ2) is 9.78. The van der Waals surface area contributed by atoms with Crippen LogP contribution in [0.4, 0.5) is 4.79 Å². The van der Waals surface area contributed by atoms with Gasteiger partial charge in [0.1, 0.15) is 30.6 Å². The minimum absolute atomic E-state index is 0.106. The maximum atomic E-state index is 12.2. The van der Waals surface area contributed by atoms with Crippen LogP contribution in [0.25, 0.3) is 0 Å². The minimum atomic E-state index is -1.01. The Morgan fingerprint density at radius 1 is 0.625 bits per heavy atom. The van der Waals surface area contributed by atoms with Gasteiger partial charge in [-0.15, -0.1) is 0 Å². The number of carbonyl (C=O) groups excluding carboxylic acids is 3. The average Bonchev–Trinajstić information content (AvgIpc) is 2.80. The summed E-state index contributed by atoms with van der Waals surface area (Å²) in [6, 6.07) is 24.0. The molecule has 0 atom stereocenters. The Kier molecular flexibility index (Phi) is 6.46. The molecule has 1 aliphatic heterocycles. The molecule has 162 valence electrons. The third-order valence-corrected chi connectivity index (χ3v) is 4.98. The summed E-state index contributed by atoms with van der Waals surface area (Å²) in [5.74, 6) is -1.15. The van der Waals surface area contributed by atoms with Crippen LogP contribution in [0.3, 0.4) is 0 Å². The van der Waals surface area contributed by atoms with Gasteiger partial charge in [-0.1, -0.05) is 60.7 Å². The van der Waals surface area contributed by atoms with E-state index in [0.717, 1.165) is 11.1 Å². The molecule has 1 heterocycles. The highest BCUT2D eigenvalue weighted by Crippen LogP contribution is 2.27. The highest BCUT2D eigenvalue weighted by atomic mass is 16.5. The highest BCUT2D eigenvalue weighted by Gasteiger charge is 2.34. The smallest absolute Gasteiger partial charge is 0.328 e. The molecule has 0 bridgehead atoms. The Morgan fingerprint density at radius 2 is 1.09 bits per heavy atom. The number of benzene rings is 3. The molecule has 0 aliphatic carbocycles. The molecule has 2 N–H and O–H groups in total. The summed E-state index contributed by atoms with van der Waals surface area (Å²) in [6.45, 7) is 0.725. The monoisotopic (exact) mass is 430 g/mol. The lowest BCUT2D eigenvalue weighted by molar-refractivity contribution is -0.135. The van der Waals surface area contributed by atoms with E-state index in [0.29, 0.717) is 30.3 Å². The fourth-order valence-corrected chi connectivity index (χ4v) is 3.37. The lowest BCUT2D eigenvalue weighted by Gasteiger charge is -2.21. The second-order valence-electron chi connectivity index (χ2n) is 7.43. The number of imide groups is 2. The normalized spacial score (nSPS) is 13.9. The number of barbiturate groups is 1. The molecular weight excluding hydrogens is 408 g/mol. The number of carbonyl (C=O) groups is 3. The number of amides is 4. The number of rotatable bonds is 8. The number of hydrogen-bond donors (Lipinski definition) is 2. The van der Waals surface area contributed by atoms with Gasteiger partial charge in [-0.05, 0) is 35.2 Å². The number of urea groups is 1. The molecule has 32 heavy (non-hydrogen) atoms. The average molecular weight is 430 g/mol. The van der Waals surface area contributed by atoms with E-state index >= 15 is 0 Å². The molecule has 3 aromatic rings. The van der Waals surface area contributed by atoms with E-state index in [9.17, 15) is 14.4 Å². The Labute approximate surface area is 185 Å². The van der Waals surface area contributed by atoms with Crippen LogP contribution in [0.2, 0.25) is 0 Å². The first-order valence-electron chi connectivity index (χ1n) is 10.2. The third kappa shape index (κ3) is 5.51. The maximum Gasteiger partial charge on any atom is 0.328 e. The molecule has 7 heteroatoms. The molecule has 1 aliphatic rings. The van der Waals surface area contributed by atoms with Gasteiger partial charge in [0.25, 0.3) is 0 Å². The third-order valence-electron chi connectivity index (χ3n) is 4.98. The molecular formula is C25H22N2O5. The van der Waals surface area contributed by atoms with Crippen molar-refractivity contribution in [1.82, 2.24) is 10.6 Å². The van der Waals surface area contributed by atoms with Crippen LogP contribution in [0, 0.1) is 5.92 Å². The molecule has 7 nitrogen and oxygen atoms in total. The van der Waals surface area contributed by atoms with Crippen molar-refractivity contribution in [2.24, 2.45) is 5.92 Å². The van der Waals surface area contributed by atoms with E-state index in [-0.39, 0.29) is 6.42 Å². The Hall–Kier alpha value is -4.13. The SMILES string of the molecule is O=C1NC(=O)C(Cc2cc(OCc3ccccc3)cc(OCc3ccccc3)c2)C(=O)N1. The summed E-state index contributed by atoms with van der Waals surface area (Å²) in [5, 5.41) is 4.26. The van der Waals surface area contributed by atoms with E-state index in [1.807, 2.05) is 60.7 Å². The molecule has 4 amide bonds. The van der Waals surface area contributed by atoms with Gasteiger partial charge < -0.3 is 9.47 Å². The van der Waals surface area contributed by atoms with Crippen molar-refractivity contribution in [2.45, 2.75) is 19.6 Å². The Balaban J connectivity index is 1.54. The zero-order valence-corrected chi connectivity index (χ0v) is 17.2. The first-order valence-corrected chi connectivity index (χ1v) is 10.2. The summed E-state index contributed by atoms with van der Waals surface area (Å²) < 4.78 is 11.9. The van der Waals surface area contributed by atoms with Gasteiger partial charge in [0.15, 0.2) is 0 Å². The van der Waals surface area contributed by atoms with Crippen LogP contribution in [-0.2, 0) is 29.2 Å². The molecule has 1 saturated heterocycles. The van der Waals surface area contributed by atoms with Gasteiger partial charge in [-0.3, -0.25) is 20.2 Å². The molecule has 1 fully saturated rings. The van der Waals surface area contributed by atoms with Gasteiger partial charge in [0.2, 0.25) is 11.8 Å². The van der Waals surface area contributed by atoms with Gasteiger partial charge in [0.05, 0.1) is 0 Å². The van der Waals surface area contributed by atoms with Crippen molar-refractivity contribution < 1.29 is 23.9 Å². The molecule has 4 rings (SSSR count). The molecule has 3 aromatic carbocycles. The van der Waals surface area contributed by atoms with Crippen molar-refractivity contribution in [2.75, 3.05) is 0 Å². The zero-order valence-electron chi connectivity index (χ0n) is 17.2. The van der Waals surface area contributed by atoms with Crippen molar-refractivity contribution in [1.29, 1.82) is 0 Å². The largest absolute Gasteiger partial charge is 0.489 e. The second-order valence-corrected chi connectivity index (χ2v) is 7.43. The summed E-state index contributed by atoms with van der Waals surface area (Å²) in [7, 11) is 0. The summed E-state index contributed by atoms with van der Waals surface area (Å²) in [4.78, 5) is 35.6. The van der Waals surface area contributed by atoms with E-state index < -0.39 is 23.8 Å². The van der Waals surface area contributed by atoms with E-state index in [2.05, 4.69) is 10.6 Å². The van der Waals surface area contributed by atoms with Crippen LogP contribution >= 0.6 is 0 Å². The predicted octanol–water partition coefficient (Wildman–Crippen LogP) is 3.37. The topological polar surface area (TPSA) is 93.7 Å². The van der Waals surface area contributed by atoms with Crippen LogP contribution in [0.5, 0.6) is 11.5 Å². The van der Waals surface area contributed by atoms with E-state index in [1.165, 1.54) is 0 Å². The summed E-state index contributed by atoms with van der Waals surface area (Å²) in [5.41, 5.74) is 2.70. The van der Waals surface area contributed by atoms with Gasteiger partial charge in [-0.25, -0.2) is 4.79 Å². The molecule has 0 spiro atoms. The number of nitrogens with one attached hydrogen (secondary N) is 2. The van der Waals surface area contributed by atoms with Gasteiger partial charge >= 0.3 is 6.03 Å². The van der Waals surface area contributed by atoms with Crippen molar-refractivity contribution in [3.63, 3.8) is 0 Å². The number of hydrogen-bond acceptors (Lipinski definition) is 5. The fourth-order valence-electron chi connectivity index (χ4n) is 3.37. The van der Waals surface area contributed by atoms with Crippen LogP contribution < -0.4 is 20.1 Å². The zero-order chi connectivity index (χ0) is 22.3. The lowest BCUT2D eigenvalue weighted by Crippen LogP contribution is -2.56. The molecule has 0 unspecified atom stereocenters. The number of ether oxygens (including phenoxy) is 2. The molecule has 0 radical (unpaired) electrons. The lowest BCUT2D eigenvalue weighted by atomic mass is 9.96. The Bertz CT molecular complexity index is 1030. The van der Waals surface area contributed by atoms with E-state index in [4.69, 9.17) is 9.47 Å².